The number of thioether (sulfide) groups is 1. The second kappa shape index (κ2) is 7.25. The summed E-state index contributed by atoms with van der Waals surface area (Å²) in [5, 5.41) is 0. The predicted molar refractivity (Wildman–Crippen MR) is 87.6 cm³/mol. The van der Waals surface area contributed by atoms with E-state index < -0.39 is 0 Å². The standard InChI is InChI=1S/C17H21NOS/c1-13-4-5-14(2)17(12-13)19-10-3-11-20-16-8-6-15(18)7-9-16/h4-9,12H,3,10-11,18H2,1-2H3. The van der Waals surface area contributed by atoms with Crippen LogP contribution in [0.5, 0.6) is 5.75 Å². The maximum atomic E-state index is 5.84. The van der Waals surface area contributed by atoms with E-state index >= 15 is 0 Å². The minimum atomic E-state index is 0.756. The van der Waals surface area contributed by atoms with Gasteiger partial charge in [-0.2, -0.15) is 0 Å². The van der Waals surface area contributed by atoms with Crippen molar-refractivity contribution in [2.45, 2.75) is 25.2 Å². The van der Waals surface area contributed by atoms with Crippen LogP contribution in [0.25, 0.3) is 0 Å². The largest absolute Gasteiger partial charge is 0.493 e. The van der Waals surface area contributed by atoms with Crippen molar-refractivity contribution in [1.82, 2.24) is 0 Å². The molecule has 0 unspecified atom stereocenters. The molecule has 0 saturated heterocycles. The minimum absolute atomic E-state index is 0.756. The van der Waals surface area contributed by atoms with Gasteiger partial charge in [0.2, 0.25) is 0 Å². The van der Waals surface area contributed by atoms with Crippen LogP contribution in [0.15, 0.2) is 47.4 Å². The van der Waals surface area contributed by atoms with Gasteiger partial charge in [0.25, 0.3) is 0 Å². The molecule has 0 amide bonds. The molecule has 0 radical (unpaired) electrons. The van der Waals surface area contributed by atoms with Gasteiger partial charge >= 0.3 is 0 Å². The molecule has 0 spiro atoms. The van der Waals surface area contributed by atoms with Crippen LogP contribution in [0.4, 0.5) is 5.69 Å². The van der Waals surface area contributed by atoms with E-state index in [1.54, 1.807) is 0 Å². The normalized spacial score (nSPS) is 10.5. The van der Waals surface area contributed by atoms with E-state index in [0.29, 0.717) is 0 Å². The molecule has 2 rings (SSSR count). The molecule has 0 aromatic heterocycles. The summed E-state index contributed by atoms with van der Waals surface area (Å²) in [6.45, 7) is 4.92. The monoisotopic (exact) mass is 287 g/mol. The Morgan fingerprint density at radius 2 is 1.80 bits per heavy atom. The third kappa shape index (κ3) is 4.49. The topological polar surface area (TPSA) is 35.2 Å². The van der Waals surface area contributed by atoms with Crippen LogP contribution in [0, 0.1) is 13.8 Å². The maximum absolute atomic E-state index is 5.84. The number of anilines is 1. The summed E-state index contributed by atoms with van der Waals surface area (Å²) >= 11 is 1.84. The first-order valence-electron chi connectivity index (χ1n) is 6.83. The molecule has 0 aliphatic carbocycles. The predicted octanol–water partition coefficient (Wildman–Crippen LogP) is 4.45. The molecule has 0 saturated carbocycles. The van der Waals surface area contributed by atoms with Gasteiger partial charge in [0.05, 0.1) is 6.61 Å². The molecule has 2 aromatic rings. The second-order valence-corrected chi connectivity index (χ2v) is 6.06. The van der Waals surface area contributed by atoms with Crippen LogP contribution in [-0.2, 0) is 0 Å². The van der Waals surface area contributed by atoms with Crippen molar-refractivity contribution in [3.8, 4) is 5.75 Å². The quantitative estimate of drug-likeness (QED) is 0.484. The van der Waals surface area contributed by atoms with E-state index in [0.717, 1.165) is 30.2 Å². The van der Waals surface area contributed by atoms with Gasteiger partial charge in [-0.1, -0.05) is 12.1 Å². The van der Waals surface area contributed by atoms with Crippen LogP contribution in [0.1, 0.15) is 17.5 Å². The molecule has 106 valence electrons. The highest BCUT2D eigenvalue weighted by Gasteiger charge is 2.00. The zero-order chi connectivity index (χ0) is 14.4. The summed E-state index contributed by atoms with van der Waals surface area (Å²) in [6.07, 6.45) is 1.03. The summed E-state index contributed by atoms with van der Waals surface area (Å²) in [5.41, 5.74) is 8.91. The molecule has 0 aliphatic rings. The van der Waals surface area contributed by atoms with Crippen LogP contribution >= 0.6 is 11.8 Å². The van der Waals surface area contributed by atoms with Crippen molar-refractivity contribution in [1.29, 1.82) is 0 Å². The molecule has 20 heavy (non-hydrogen) atoms. The van der Waals surface area contributed by atoms with Gasteiger partial charge in [0.1, 0.15) is 5.75 Å². The zero-order valence-electron chi connectivity index (χ0n) is 12.1. The molecular formula is C17H21NOS. The van der Waals surface area contributed by atoms with E-state index in [4.69, 9.17) is 10.5 Å². The Labute approximate surface area is 125 Å². The number of aryl methyl sites for hydroxylation is 2. The first-order valence-corrected chi connectivity index (χ1v) is 7.82. The molecule has 0 bridgehead atoms. The molecule has 0 aliphatic heterocycles. The summed E-state index contributed by atoms with van der Waals surface area (Å²) < 4.78 is 5.84. The van der Waals surface area contributed by atoms with Crippen LogP contribution in [0.2, 0.25) is 0 Å². The Morgan fingerprint density at radius 3 is 2.55 bits per heavy atom. The molecule has 0 atom stereocenters. The second-order valence-electron chi connectivity index (χ2n) is 4.89. The van der Waals surface area contributed by atoms with Gasteiger partial charge in [-0.15, -0.1) is 11.8 Å². The smallest absolute Gasteiger partial charge is 0.122 e. The summed E-state index contributed by atoms with van der Waals surface area (Å²) in [6, 6.07) is 14.3. The number of hydrogen-bond acceptors (Lipinski definition) is 3. The molecule has 2 N–H and O–H groups in total. The van der Waals surface area contributed by atoms with E-state index in [9.17, 15) is 0 Å². The average molecular weight is 287 g/mol. The van der Waals surface area contributed by atoms with Crippen LogP contribution in [0.3, 0.4) is 0 Å². The zero-order valence-corrected chi connectivity index (χ0v) is 12.9. The lowest BCUT2D eigenvalue weighted by Crippen LogP contribution is -2.00. The summed E-state index contributed by atoms with van der Waals surface area (Å²) in [7, 11) is 0. The van der Waals surface area contributed by atoms with Gasteiger partial charge in [-0.05, 0) is 61.7 Å². The molecule has 3 heteroatoms. The lowest BCUT2D eigenvalue weighted by molar-refractivity contribution is 0.316. The lowest BCUT2D eigenvalue weighted by Gasteiger charge is -2.09. The van der Waals surface area contributed by atoms with Crippen molar-refractivity contribution >= 4 is 17.4 Å². The fraction of sp³-hybridized carbons (Fsp3) is 0.294. The molecule has 2 nitrogen and oxygen atoms in total. The van der Waals surface area contributed by atoms with E-state index in [1.165, 1.54) is 16.0 Å². The van der Waals surface area contributed by atoms with E-state index in [-0.39, 0.29) is 0 Å². The van der Waals surface area contributed by atoms with E-state index in [2.05, 4.69) is 44.2 Å². The van der Waals surface area contributed by atoms with Crippen molar-refractivity contribution in [2.75, 3.05) is 18.1 Å². The average Bonchev–Trinajstić information content (AvgIpc) is 2.44. The third-order valence-corrected chi connectivity index (χ3v) is 4.14. The van der Waals surface area contributed by atoms with Crippen LogP contribution in [-0.4, -0.2) is 12.4 Å². The SMILES string of the molecule is Cc1ccc(C)c(OCCCSc2ccc(N)cc2)c1. The van der Waals surface area contributed by atoms with E-state index in [1.807, 2.05) is 23.9 Å². The first-order chi connectivity index (χ1) is 9.65. The summed E-state index contributed by atoms with van der Waals surface area (Å²) in [5.74, 6) is 2.05. The van der Waals surface area contributed by atoms with Gasteiger partial charge in [-0.25, -0.2) is 0 Å². The molecule has 0 heterocycles. The first kappa shape index (κ1) is 14.8. The van der Waals surface area contributed by atoms with Crippen molar-refractivity contribution in [3.63, 3.8) is 0 Å². The van der Waals surface area contributed by atoms with Crippen LogP contribution < -0.4 is 10.5 Å². The van der Waals surface area contributed by atoms with Gasteiger partial charge in [0.15, 0.2) is 0 Å². The molecule has 0 fully saturated rings. The van der Waals surface area contributed by atoms with Gasteiger partial charge in [-0.3, -0.25) is 0 Å². The number of nitrogens with two attached hydrogens (primary N) is 1. The summed E-state index contributed by atoms with van der Waals surface area (Å²) in [4.78, 5) is 1.26. The number of benzene rings is 2. The Bertz CT molecular complexity index is 551. The molecular weight excluding hydrogens is 266 g/mol. The lowest BCUT2D eigenvalue weighted by atomic mass is 10.1. The Kier molecular flexibility index (Phi) is 5.36. The Hall–Kier alpha value is -1.61. The Balaban J connectivity index is 1.71. The van der Waals surface area contributed by atoms with Crippen molar-refractivity contribution < 1.29 is 4.74 Å². The minimum Gasteiger partial charge on any atom is -0.493 e. The number of nitrogen functional groups attached to an aromatic ring is 1. The van der Waals surface area contributed by atoms with Gasteiger partial charge in [0, 0.05) is 16.3 Å². The number of hydrogen-bond donors (Lipinski definition) is 1. The highest BCUT2D eigenvalue weighted by Crippen LogP contribution is 2.21. The highest BCUT2D eigenvalue weighted by atomic mass is 32.2. The van der Waals surface area contributed by atoms with Crippen molar-refractivity contribution in [2.24, 2.45) is 0 Å². The molecule has 2 aromatic carbocycles. The number of ether oxygens (including phenoxy) is 1. The fourth-order valence-corrected chi connectivity index (χ4v) is 2.68. The Morgan fingerprint density at radius 1 is 1.05 bits per heavy atom. The maximum Gasteiger partial charge on any atom is 0.122 e. The fourth-order valence-electron chi connectivity index (χ4n) is 1.86. The number of rotatable bonds is 6. The highest BCUT2D eigenvalue weighted by molar-refractivity contribution is 7.99. The van der Waals surface area contributed by atoms with Crippen molar-refractivity contribution in [3.05, 3.63) is 53.6 Å². The third-order valence-electron chi connectivity index (χ3n) is 3.04. The van der Waals surface area contributed by atoms with Gasteiger partial charge < -0.3 is 10.5 Å².